The number of hydrogen-bond acceptors (Lipinski definition) is 6. The van der Waals surface area contributed by atoms with Crippen LogP contribution in [0.4, 0.5) is 5.69 Å². The van der Waals surface area contributed by atoms with Gasteiger partial charge in [0.05, 0.1) is 10.3 Å². The summed E-state index contributed by atoms with van der Waals surface area (Å²) < 4.78 is 1.64. The van der Waals surface area contributed by atoms with Crippen molar-refractivity contribution in [2.24, 2.45) is 0 Å². The molecule has 3 aromatic rings. The predicted molar refractivity (Wildman–Crippen MR) is 102 cm³/mol. The number of aromatic nitrogens is 2. The van der Waals surface area contributed by atoms with Crippen LogP contribution in [0.25, 0.3) is 10.2 Å². The van der Waals surface area contributed by atoms with E-state index in [1.807, 2.05) is 20.8 Å². The maximum atomic E-state index is 12.8. The van der Waals surface area contributed by atoms with Crippen molar-refractivity contribution in [3.63, 3.8) is 0 Å². The van der Waals surface area contributed by atoms with Crippen molar-refractivity contribution in [2.45, 2.75) is 38.2 Å². The van der Waals surface area contributed by atoms with Crippen LogP contribution in [0.15, 0.2) is 34.2 Å². The molecule has 6 nitrogen and oxygen atoms in total. The summed E-state index contributed by atoms with van der Waals surface area (Å²) in [6.07, 6.45) is 0. The van der Waals surface area contributed by atoms with Gasteiger partial charge >= 0.3 is 0 Å². The number of nitrogens with zero attached hydrogens (tertiary/aromatic N) is 3. The lowest BCUT2D eigenvalue weighted by Crippen LogP contribution is -2.22. The van der Waals surface area contributed by atoms with Crippen LogP contribution in [0.2, 0.25) is 0 Å². The second kappa shape index (κ2) is 6.97. The van der Waals surface area contributed by atoms with Gasteiger partial charge in [-0.1, -0.05) is 30.0 Å². The third-order valence-corrected chi connectivity index (χ3v) is 6.24. The molecule has 2 heterocycles. The SMILES string of the molecule is CCn1c(SCc2ccccc2[N+](=O)[O-])nc2sc(C)c(C)c2c1=O. The van der Waals surface area contributed by atoms with Crippen molar-refractivity contribution in [1.82, 2.24) is 9.55 Å². The van der Waals surface area contributed by atoms with E-state index in [4.69, 9.17) is 0 Å². The molecule has 1 aromatic carbocycles. The van der Waals surface area contributed by atoms with E-state index in [1.165, 1.54) is 29.2 Å². The van der Waals surface area contributed by atoms with Crippen molar-refractivity contribution >= 4 is 39.0 Å². The molecule has 0 aliphatic carbocycles. The molecule has 0 N–H and O–H groups in total. The first-order valence-corrected chi connectivity index (χ1v) is 9.59. The number of aryl methyl sites for hydroxylation is 2. The van der Waals surface area contributed by atoms with Gasteiger partial charge in [0.2, 0.25) is 0 Å². The quantitative estimate of drug-likeness (QED) is 0.288. The highest BCUT2D eigenvalue weighted by Gasteiger charge is 2.18. The molecule has 0 saturated heterocycles. The van der Waals surface area contributed by atoms with Crippen molar-refractivity contribution in [1.29, 1.82) is 0 Å². The van der Waals surface area contributed by atoms with Crippen molar-refractivity contribution in [3.05, 3.63) is 60.7 Å². The fourth-order valence-electron chi connectivity index (χ4n) is 2.65. The zero-order valence-corrected chi connectivity index (χ0v) is 15.7. The summed E-state index contributed by atoms with van der Waals surface area (Å²) in [6.45, 7) is 6.34. The predicted octanol–water partition coefficient (Wildman–Crippen LogP) is 4.30. The number of thioether (sulfide) groups is 1. The Bertz CT molecular complexity index is 1020. The van der Waals surface area contributed by atoms with E-state index in [9.17, 15) is 14.9 Å². The fraction of sp³-hybridized carbons (Fsp3) is 0.294. The van der Waals surface area contributed by atoms with E-state index in [0.29, 0.717) is 28.4 Å². The molecule has 0 aliphatic rings. The molecule has 0 spiro atoms. The van der Waals surface area contributed by atoms with Crippen LogP contribution >= 0.6 is 23.1 Å². The maximum Gasteiger partial charge on any atom is 0.273 e. The minimum Gasteiger partial charge on any atom is -0.287 e. The zero-order chi connectivity index (χ0) is 18.1. The van der Waals surface area contributed by atoms with E-state index < -0.39 is 0 Å². The smallest absolute Gasteiger partial charge is 0.273 e. The molecule has 8 heteroatoms. The van der Waals surface area contributed by atoms with E-state index in [-0.39, 0.29) is 16.2 Å². The van der Waals surface area contributed by atoms with Gasteiger partial charge in [-0.25, -0.2) is 4.98 Å². The van der Waals surface area contributed by atoms with E-state index >= 15 is 0 Å². The minimum atomic E-state index is -0.384. The molecule has 2 aromatic heterocycles. The fourth-order valence-corrected chi connectivity index (χ4v) is 4.78. The number of hydrogen-bond donors (Lipinski definition) is 0. The lowest BCUT2D eigenvalue weighted by molar-refractivity contribution is -0.385. The number of rotatable bonds is 5. The van der Waals surface area contributed by atoms with Gasteiger partial charge < -0.3 is 0 Å². The van der Waals surface area contributed by atoms with Crippen LogP contribution in [0.3, 0.4) is 0 Å². The van der Waals surface area contributed by atoms with Gasteiger partial charge in [-0.2, -0.15) is 0 Å². The van der Waals surface area contributed by atoms with Gasteiger partial charge in [-0.05, 0) is 26.3 Å². The van der Waals surface area contributed by atoms with Crippen LogP contribution in [0.1, 0.15) is 22.9 Å². The Labute approximate surface area is 152 Å². The number of para-hydroxylation sites is 1. The summed E-state index contributed by atoms with van der Waals surface area (Å²) in [7, 11) is 0. The number of nitro benzene ring substituents is 1. The molecule has 3 rings (SSSR count). The Morgan fingerprint density at radius 3 is 2.72 bits per heavy atom. The lowest BCUT2D eigenvalue weighted by Gasteiger charge is -2.10. The first-order valence-electron chi connectivity index (χ1n) is 7.79. The zero-order valence-electron chi connectivity index (χ0n) is 14.1. The molecule has 0 amide bonds. The van der Waals surface area contributed by atoms with Crippen molar-refractivity contribution < 1.29 is 4.92 Å². The lowest BCUT2D eigenvalue weighted by atomic mass is 10.2. The normalized spacial score (nSPS) is 11.2. The van der Waals surface area contributed by atoms with Crippen LogP contribution in [-0.4, -0.2) is 14.5 Å². The number of fused-ring (bicyclic) bond motifs is 1. The van der Waals surface area contributed by atoms with Gasteiger partial charge in [0.1, 0.15) is 4.83 Å². The maximum absolute atomic E-state index is 12.8. The highest BCUT2D eigenvalue weighted by molar-refractivity contribution is 7.98. The van der Waals surface area contributed by atoms with Crippen LogP contribution in [0.5, 0.6) is 0 Å². The van der Waals surface area contributed by atoms with Gasteiger partial charge in [-0.3, -0.25) is 19.5 Å². The standard InChI is InChI=1S/C17H17N3O3S2/c1-4-19-16(21)14-10(2)11(3)25-15(14)18-17(19)24-9-12-7-5-6-8-13(12)20(22)23/h5-8H,4,9H2,1-3H3. The molecule has 0 atom stereocenters. The molecule has 0 bridgehead atoms. The van der Waals surface area contributed by atoms with Crippen molar-refractivity contribution in [2.75, 3.05) is 0 Å². The Balaban J connectivity index is 2.02. The highest BCUT2D eigenvalue weighted by Crippen LogP contribution is 2.30. The highest BCUT2D eigenvalue weighted by atomic mass is 32.2. The summed E-state index contributed by atoms with van der Waals surface area (Å²) in [5.74, 6) is 0.387. The molecule has 0 radical (unpaired) electrons. The van der Waals surface area contributed by atoms with Crippen molar-refractivity contribution in [3.8, 4) is 0 Å². The first-order chi connectivity index (χ1) is 11.9. The summed E-state index contributed by atoms with van der Waals surface area (Å²) in [5.41, 5.74) is 1.65. The Kier molecular flexibility index (Phi) is 4.91. The second-order valence-electron chi connectivity index (χ2n) is 5.58. The van der Waals surface area contributed by atoms with Gasteiger partial charge in [0, 0.05) is 28.8 Å². The monoisotopic (exact) mass is 375 g/mol. The van der Waals surface area contributed by atoms with Crippen LogP contribution in [0, 0.1) is 24.0 Å². The number of thiophene rings is 1. The van der Waals surface area contributed by atoms with Crippen LogP contribution in [-0.2, 0) is 12.3 Å². The third-order valence-electron chi connectivity index (χ3n) is 4.12. The van der Waals surface area contributed by atoms with Gasteiger partial charge in [0.15, 0.2) is 5.16 Å². The molecule has 0 aliphatic heterocycles. The average Bonchev–Trinajstić information content (AvgIpc) is 2.87. The first kappa shape index (κ1) is 17.6. The molecular weight excluding hydrogens is 358 g/mol. The third kappa shape index (κ3) is 3.19. The summed E-state index contributed by atoms with van der Waals surface area (Å²) in [5, 5.41) is 12.4. The van der Waals surface area contributed by atoms with Gasteiger partial charge in [-0.15, -0.1) is 11.3 Å². The average molecular weight is 375 g/mol. The number of nitro groups is 1. The minimum absolute atomic E-state index is 0.0422. The Morgan fingerprint density at radius 2 is 2.04 bits per heavy atom. The summed E-state index contributed by atoms with van der Waals surface area (Å²) >= 11 is 2.86. The molecular formula is C17H17N3O3S2. The topological polar surface area (TPSA) is 78.0 Å². The molecule has 0 unspecified atom stereocenters. The molecule has 0 fully saturated rings. The Hall–Kier alpha value is -2.19. The molecule has 130 valence electrons. The van der Waals surface area contributed by atoms with E-state index in [0.717, 1.165) is 15.3 Å². The number of benzene rings is 1. The van der Waals surface area contributed by atoms with Gasteiger partial charge in [0.25, 0.3) is 11.2 Å². The molecule has 0 saturated carbocycles. The van der Waals surface area contributed by atoms with E-state index in [1.54, 1.807) is 22.8 Å². The largest absolute Gasteiger partial charge is 0.287 e. The second-order valence-corrected chi connectivity index (χ2v) is 7.73. The summed E-state index contributed by atoms with van der Waals surface area (Å²) in [4.78, 5) is 30.0. The van der Waals surface area contributed by atoms with E-state index in [2.05, 4.69) is 4.98 Å². The Morgan fingerprint density at radius 1 is 1.32 bits per heavy atom. The summed E-state index contributed by atoms with van der Waals surface area (Å²) in [6, 6.07) is 6.65. The van der Waals surface area contributed by atoms with Crippen LogP contribution < -0.4 is 5.56 Å². The molecule has 25 heavy (non-hydrogen) atoms.